The van der Waals surface area contributed by atoms with Gasteiger partial charge in [0.05, 0.1) is 11.2 Å². The van der Waals surface area contributed by atoms with Gasteiger partial charge < -0.3 is 10.6 Å². The summed E-state index contributed by atoms with van der Waals surface area (Å²) in [6.45, 7) is 2.02. The normalized spacial score (nSPS) is 10.6. The lowest BCUT2D eigenvalue weighted by molar-refractivity contribution is 0.102. The lowest BCUT2D eigenvalue weighted by Crippen LogP contribution is -2.17. The number of carbonyl (C=O) groups excluding carboxylic acids is 2. The van der Waals surface area contributed by atoms with Gasteiger partial charge in [0.1, 0.15) is 5.69 Å². The van der Waals surface area contributed by atoms with Crippen molar-refractivity contribution < 1.29 is 9.59 Å². The maximum absolute atomic E-state index is 12.8. The van der Waals surface area contributed by atoms with Gasteiger partial charge in [-0.25, -0.2) is 0 Å². The van der Waals surface area contributed by atoms with Gasteiger partial charge in [-0.15, -0.1) is 0 Å². The molecule has 0 saturated heterocycles. The van der Waals surface area contributed by atoms with Crippen LogP contribution in [0.15, 0.2) is 79.1 Å². The van der Waals surface area contributed by atoms with Crippen LogP contribution in [-0.2, 0) is 6.42 Å². The first-order valence-corrected chi connectivity index (χ1v) is 9.66. The Hall–Kier alpha value is -4.06. The summed E-state index contributed by atoms with van der Waals surface area (Å²) in [6, 6.07) is 20.0. The van der Waals surface area contributed by atoms with E-state index in [-0.39, 0.29) is 17.5 Å². The number of aryl methyl sites for hydroxylation is 1. The molecule has 2 aromatic carbocycles. The monoisotopic (exact) mass is 396 g/mol. The molecule has 0 aliphatic rings. The average molecular weight is 396 g/mol. The van der Waals surface area contributed by atoms with Crippen molar-refractivity contribution in [2.75, 3.05) is 10.6 Å². The molecule has 0 aliphatic heterocycles. The first-order valence-electron chi connectivity index (χ1n) is 9.66. The maximum atomic E-state index is 12.8. The lowest BCUT2D eigenvalue weighted by Gasteiger charge is -2.10. The van der Waals surface area contributed by atoms with Crippen molar-refractivity contribution in [1.82, 2.24) is 9.97 Å². The van der Waals surface area contributed by atoms with Crippen molar-refractivity contribution in [3.63, 3.8) is 0 Å². The third kappa shape index (κ3) is 4.03. The number of nitrogens with one attached hydrogen (secondary N) is 2. The van der Waals surface area contributed by atoms with Gasteiger partial charge in [-0.1, -0.05) is 43.3 Å². The van der Waals surface area contributed by atoms with E-state index in [2.05, 4.69) is 20.6 Å². The second-order valence-corrected chi connectivity index (χ2v) is 6.73. The fraction of sp³-hybridized carbons (Fsp3) is 0.0833. The number of hydrogen-bond acceptors (Lipinski definition) is 4. The highest BCUT2D eigenvalue weighted by Gasteiger charge is 2.14. The van der Waals surface area contributed by atoms with Gasteiger partial charge >= 0.3 is 0 Å². The average Bonchev–Trinajstić information content (AvgIpc) is 2.79. The SMILES string of the molecule is CCc1ccccc1NC(=O)c1cc(C(=O)Nc2cccc3cccnc23)ccn1. The summed E-state index contributed by atoms with van der Waals surface area (Å²) in [7, 11) is 0. The van der Waals surface area contributed by atoms with Crippen LogP contribution in [0.5, 0.6) is 0 Å². The topological polar surface area (TPSA) is 84.0 Å². The van der Waals surface area contributed by atoms with E-state index in [1.165, 1.54) is 12.3 Å². The van der Waals surface area contributed by atoms with Crippen molar-refractivity contribution in [2.45, 2.75) is 13.3 Å². The number of fused-ring (bicyclic) bond motifs is 1. The molecule has 148 valence electrons. The van der Waals surface area contributed by atoms with Gasteiger partial charge in [0, 0.05) is 29.0 Å². The van der Waals surface area contributed by atoms with Gasteiger partial charge in [0.2, 0.25) is 0 Å². The Labute approximate surface area is 174 Å². The van der Waals surface area contributed by atoms with Gasteiger partial charge in [-0.3, -0.25) is 19.6 Å². The first-order chi connectivity index (χ1) is 14.7. The molecular formula is C24H20N4O2. The molecule has 6 heteroatoms. The number of rotatable bonds is 5. The molecule has 0 aliphatic carbocycles. The molecule has 4 rings (SSSR count). The molecule has 0 unspecified atom stereocenters. The molecule has 2 amide bonds. The van der Waals surface area contributed by atoms with Crippen LogP contribution in [-0.4, -0.2) is 21.8 Å². The Morgan fingerprint density at radius 1 is 0.800 bits per heavy atom. The number of amides is 2. The number of para-hydroxylation sites is 2. The molecule has 0 fully saturated rings. The minimum atomic E-state index is -0.364. The van der Waals surface area contributed by atoms with Crippen LogP contribution in [0.25, 0.3) is 10.9 Å². The molecule has 0 saturated carbocycles. The minimum absolute atomic E-state index is 0.171. The third-order valence-electron chi connectivity index (χ3n) is 4.78. The summed E-state index contributed by atoms with van der Waals surface area (Å²) >= 11 is 0. The minimum Gasteiger partial charge on any atom is -0.320 e. The zero-order valence-electron chi connectivity index (χ0n) is 16.4. The molecule has 2 heterocycles. The van der Waals surface area contributed by atoms with Gasteiger partial charge in [-0.2, -0.15) is 0 Å². The van der Waals surface area contributed by atoms with E-state index in [1.54, 1.807) is 18.3 Å². The third-order valence-corrected chi connectivity index (χ3v) is 4.78. The van der Waals surface area contributed by atoms with E-state index < -0.39 is 0 Å². The van der Waals surface area contributed by atoms with Crippen LogP contribution in [0, 0.1) is 0 Å². The molecular weight excluding hydrogens is 376 g/mol. The number of carbonyl (C=O) groups is 2. The second kappa shape index (κ2) is 8.53. The van der Waals surface area contributed by atoms with E-state index in [9.17, 15) is 9.59 Å². The van der Waals surface area contributed by atoms with Crippen LogP contribution in [0.3, 0.4) is 0 Å². The Balaban J connectivity index is 1.55. The fourth-order valence-corrected chi connectivity index (χ4v) is 3.23. The summed E-state index contributed by atoms with van der Waals surface area (Å²) in [5.41, 5.74) is 3.59. The van der Waals surface area contributed by atoms with E-state index in [4.69, 9.17) is 0 Å². The van der Waals surface area contributed by atoms with Crippen molar-refractivity contribution in [3.05, 3.63) is 95.9 Å². The van der Waals surface area contributed by atoms with Crippen LogP contribution >= 0.6 is 0 Å². The van der Waals surface area contributed by atoms with Crippen molar-refractivity contribution in [1.29, 1.82) is 0 Å². The summed E-state index contributed by atoms with van der Waals surface area (Å²) in [5.74, 6) is -0.698. The quantitative estimate of drug-likeness (QED) is 0.512. The Kier molecular flexibility index (Phi) is 5.48. The molecule has 0 spiro atoms. The molecule has 0 bridgehead atoms. The highest BCUT2D eigenvalue weighted by atomic mass is 16.2. The number of hydrogen-bond donors (Lipinski definition) is 2. The number of anilines is 2. The van der Waals surface area contributed by atoms with Crippen molar-refractivity contribution in [3.8, 4) is 0 Å². The molecule has 0 radical (unpaired) electrons. The standard InChI is InChI=1S/C24H20N4O2/c1-2-16-7-3-4-10-19(16)27-24(30)21-15-18(12-14-25-21)23(29)28-20-11-5-8-17-9-6-13-26-22(17)20/h3-15H,2H2,1H3,(H,27,30)(H,28,29). The fourth-order valence-electron chi connectivity index (χ4n) is 3.23. The summed E-state index contributed by atoms with van der Waals surface area (Å²) in [6.07, 6.45) is 3.93. The zero-order valence-corrected chi connectivity index (χ0v) is 16.4. The van der Waals surface area contributed by atoms with E-state index in [0.717, 1.165) is 23.1 Å². The number of nitrogens with zero attached hydrogens (tertiary/aromatic N) is 2. The lowest BCUT2D eigenvalue weighted by atomic mass is 10.1. The van der Waals surface area contributed by atoms with E-state index in [1.807, 2.05) is 55.5 Å². The van der Waals surface area contributed by atoms with Gasteiger partial charge in [0.15, 0.2) is 0 Å². The predicted octanol–water partition coefficient (Wildman–Crippen LogP) is 4.70. The predicted molar refractivity (Wildman–Crippen MR) is 118 cm³/mol. The van der Waals surface area contributed by atoms with Crippen molar-refractivity contribution in [2.24, 2.45) is 0 Å². The Morgan fingerprint density at radius 2 is 1.57 bits per heavy atom. The zero-order chi connectivity index (χ0) is 20.9. The van der Waals surface area contributed by atoms with Gasteiger partial charge in [-0.05, 0) is 42.3 Å². The highest BCUT2D eigenvalue weighted by molar-refractivity contribution is 6.10. The van der Waals surface area contributed by atoms with E-state index >= 15 is 0 Å². The summed E-state index contributed by atoms with van der Waals surface area (Å²) < 4.78 is 0. The van der Waals surface area contributed by atoms with Crippen LogP contribution in [0.2, 0.25) is 0 Å². The maximum Gasteiger partial charge on any atom is 0.274 e. The number of benzene rings is 2. The Bertz CT molecular complexity index is 1230. The number of pyridine rings is 2. The number of aromatic nitrogens is 2. The van der Waals surface area contributed by atoms with Crippen LogP contribution in [0.4, 0.5) is 11.4 Å². The molecule has 2 N–H and O–H groups in total. The van der Waals surface area contributed by atoms with Gasteiger partial charge in [0.25, 0.3) is 11.8 Å². The molecule has 0 atom stereocenters. The highest BCUT2D eigenvalue weighted by Crippen LogP contribution is 2.21. The molecule has 6 nitrogen and oxygen atoms in total. The molecule has 4 aromatic rings. The second-order valence-electron chi connectivity index (χ2n) is 6.73. The summed E-state index contributed by atoms with van der Waals surface area (Å²) in [5, 5.41) is 6.68. The van der Waals surface area contributed by atoms with Crippen LogP contribution in [0.1, 0.15) is 33.3 Å². The van der Waals surface area contributed by atoms with Crippen LogP contribution < -0.4 is 10.6 Å². The Morgan fingerprint density at radius 3 is 2.43 bits per heavy atom. The first kappa shape index (κ1) is 19.3. The molecule has 30 heavy (non-hydrogen) atoms. The summed E-state index contributed by atoms with van der Waals surface area (Å²) in [4.78, 5) is 33.9. The molecule has 2 aromatic heterocycles. The smallest absolute Gasteiger partial charge is 0.274 e. The largest absolute Gasteiger partial charge is 0.320 e. The van der Waals surface area contributed by atoms with E-state index in [0.29, 0.717) is 16.8 Å². The van der Waals surface area contributed by atoms with Crippen molar-refractivity contribution >= 4 is 34.1 Å².